The molecule has 0 aliphatic carbocycles. The van der Waals surface area contributed by atoms with Gasteiger partial charge in [0.2, 0.25) is 0 Å². The molecule has 0 aliphatic rings. The van der Waals surface area contributed by atoms with Gasteiger partial charge in [0.25, 0.3) is 0 Å². The Bertz CT molecular complexity index is 988. The molecule has 4 aromatic rings. The molecule has 2 heterocycles. The number of hydrogen-bond acceptors (Lipinski definition) is 2. The highest BCUT2D eigenvalue weighted by Gasteiger charge is 2.16. The van der Waals surface area contributed by atoms with Crippen LogP contribution in [0.5, 0.6) is 0 Å². The van der Waals surface area contributed by atoms with Gasteiger partial charge in [0, 0.05) is 17.5 Å². The van der Waals surface area contributed by atoms with E-state index >= 15 is 0 Å². The highest BCUT2D eigenvalue weighted by molar-refractivity contribution is 6.09. The molecule has 0 radical (unpaired) electrons. The predicted molar refractivity (Wildman–Crippen MR) is 86.1 cm³/mol. The van der Waals surface area contributed by atoms with Gasteiger partial charge in [0.15, 0.2) is 0 Å². The van der Waals surface area contributed by atoms with Crippen LogP contribution >= 0.6 is 0 Å². The lowest BCUT2D eigenvalue weighted by Gasteiger charge is -2.07. The number of nitrogens with zero attached hydrogens (tertiary/aromatic N) is 3. The highest BCUT2D eigenvalue weighted by atomic mass is 19.1. The molecule has 0 unspecified atom stereocenters. The second-order valence-corrected chi connectivity index (χ2v) is 5.19. The van der Waals surface area contributed by atoms with E-state index in [0.717, 1.165) is 39.7 Å². The summed E-state index contributed by atoms with van der Waals surface area (Å²) in [5.74, 6) is -0.261. The molecule has 108 valence electrons. The number of aromatic nitrogens is 3. The molecule has 0 bridgehead atoms. The summed E-state index contributed by atoms with van der Waals surface area (Å²) < 4.78 is 15.8. The molecular formula is C18H14FN3. The van der Waals surface area contributed by atoms with Crippen LogP contribution in [0.2, 0.25) is 0 Å². The van der Waals surface area contributed by atoms with Crippen LogP contribution in [-0.2, 0) is 6.54 Å². The topological polar surface area (TPSA) is 30.7 Å². The number of rotatable bonds is 2. The Morgan fingerprint density at radius 1 is 1.05 bits per heavy atom. The number of hydrogen-bond donors (Lipinski definition) is 0. The third kappa shape index (κ3) is 1.80. The van der Waals surface area contributed by atoms with Gasteiger partial charge < -0.3 is 4.57 Å². The van der Waals surface area contributed by atoms with Gasteiger partial charge in [-0.25, -0.2) is 14.4 Å². The Balaban J connectivity index is 2.17. The maximum atomic E-state index is 13.6. The highest BCUT2D eigenvalue weighted by Crippen LogP contribution is 2.33. The second kappa shape index (κ2) is 4.91. The van der Waals surface area contributed by atoms with E-state index in [1.54, 1.807) is 12.4 Å². The summed E-state index contributed by atoms with van der Waals surface area (Å²) in [4.78, 5) is 8.88. The summed E-state index contributed by atoms with van der Waals surface area (Å²) in [6.45, 7) is 2.90. The first-order valence-corrected chi connectivity index (χ1v) is 7.27. The zero-order chi connectivity index (χ0) is 15.1. The van der Waals surface area contributed by atoms with Crippen molar-refractivity contribution in [3.8, 4) is 11.3 Å². The summed E-state index contributed by atoms with van der Waals surface area (Å²) in [5.41, 5.74) is 4.52. The first-order chi connectivity index (χ1) is 10.8. The standard InChI is InChI=1S/C18H14FN3/c1-2-22-15-9-4-3-8-14(15)17-18(22)16(20-11-21-17)12-6-5-7-13(19)10-12/h3-11H,2H2,1H3. The van der Waals surface area contributed by atoms with Gasteiger partial charge in [-0.2, -0.15) is 0 Å². The molecule has 2 aromatic carbocycles. The quantitative estimate of drug-likeness (QED) is 0.547. The molecule has 4 rings (SSSR count). The molecule has 22 heavy (non-hydrogen) atoms. The van der Waals surface area contributed by atoms with Crippen molar-refractivity contribution >= 4 is 21.9 Å². The minimum Gasteiger partial charge on any atom is -0.338 e. The van der Waals surface area contributed by atoms with Gasteiger partial charge in [-0.15, -0.1) is 0 Å². The number of benzene rings is 2. The van der Waals surface area contributed by atoms with E-state index in [2.05, 4.69) is 33.6 Å². The van der Waals surface area contributed by atoms with Crippen molar-refractivity contribution in [2.75, 3.05) is 0 Å². The van der Waals surface area contributed by atoms with Crippen LogP contribution in [-0.4, -0.2) is 14.5 Å². The molecule has 0 saturated heterocycles. The lowest BCUT2D eigenvalue weighted by molar-refractivity contribution is 0.628. The molecule has 2 aromatic heterocycles. The van der Waals surface area contributed by atoms with Gasteiger partial charge in [0.1, 0.15) is 17.7 Å². The second-order valence-electron chi connectivity index (χ2n) is 5.19. The van der Waals surface area contributed by atoms with Gasteiger partial charge in [0.05, 0.1) is 16.7 Å². The predicted octanol–water partition coefficient (Wildman–Crippen LogP) is 4.41. The molecule has 0 spiro atoms. The monoisotopic (exact) mass is 291 g/mol. The van der Waals surface area contributed by atoms with E-state index in [4.69, 9.17) is 0 Å². The average Bonchev–Trinajstić information content (AvgIpc) is 2.88. The maximum absolute atomic E-state index is 13.6. The molecule has 0 atom stereocenters. The van der Waals surface area contributed by atoms with Gasteiger partial charge in [-0.1, -0.05) is 30.3 Å². The Labute approximate surface area is 127 Å². The molecule has 3 nitrogen and oxygen atoms in total. The van der Waals surface area contributed by atoms with Crippen LogP contribution in [0, 0.1) is 5.82 Å². The van der Waals surface area contributed by atoms with Gasteiger partial charge >= 0.3 is 0 Å². The number of aryl methyl sites for hydroxylation is 1. The van der Waals surface area contributed by atoms with Crippen molar-refractivity contribution in [3.63, 3.8) is 0 Å². The maximum Gasteiger partial charge on any atom is 0.123 e. The Morgan fingerprint density at radius 2 is 1.91 bits per heavy atom. The number of fused-ring (bicyclic) bond motifs is 3. The molecular weight excluding hydrogens is 277 g/mol. The van der Waals surface area contributed by atoms with Crippen molar-refractivity contribution in [2.24, 2.45) is 0 Å². The molecule has 0 N–H and O–H groups in total. The third-order valence-corrected chi connectivity index (χ3v) is 3.96. The summed E-state index contributed by atoms with van der Waals surface area (Å²) in [6.07, 6.45) is 1.55. The average molecular weight is 291 g/mol. The smallest absolute Gasteiger partial charge is 0.123 e. The van der Waals surface area contributed by atoms with Crippen LogP contribution in [0.3, 0.4) is 0 Å². The Kier molecular flexibility index (Phi) is 2.89. The van der Waals surface area contributed by atoms with Crippen LogP contribution in [0.4, 0.5) is 4.39 Å². The molecule has 0 fully saturated rings. The van der Waals surface area contributed by atoms with Gasteiger partial charge in [-0.3, -0.25) is 0 Å². The van der Waals surface area contributed by atoms with Crippen molar-refractivity contribution in [2.45, 2.75) is 13.5 Å². The largest absolute Gasteiger partial charge is 0.338 e. The number of halogens is 1. The van der Waals surface area contributed by atoms with Crippen LogP contribution in [0.1, 0.15) is 6.92 Å². The fraction of sp³-hybridized carbons (Fsp3) is 0.111. The Morgan fingerprint density at radius 3 is 2.73 bits per heavy atom. The van der Waals surface area contributed by atoms with E-state index in [1.165, 1.54) is 12.1 Å². The summed E-state index contributed by atoms with van der Waals surface area (Å²) in [6, 6.07) is 14.7. The van der Waals surface area contributed by atoms with Gasteiger partial charge in [-0.05, 0) is 25.1 Å². The van der Waals surface area contributed by atoms with Crippen LogP contribution in [0.15, 0.2) is 54.9 Å². The van der Waals surface area contributed by atoms with E-state index in [0.29, 0.717) is 0 Å². The molecule has 4 heteroatoms. The van der Waals surface area contributed by atoms with E-state index in [1.807, 2.05) is 18.2 Å². The van der Waals surface area contributed by atoms with E-state index in [9.17, 15) is 4.39 Å². The van der Waals surface area contributed by atoms with Crippen molar-refractivity contribution in [1.29, 1.82) is 0 Å². The fourth-order valence-electron chi connectivity index (χ4n) is 3.04. The lowest BCUT2D eigenvalue weighted by atomic mass is 10.1. The van der Waals surface area contributed by atoms with E-state index in [-0.39, 0.29) is 5.82 Å². The molecule has 0 amide bonds. The van der Waals surface area contributed by atoms with Crippen molar-refractivity contribution < 1.29 is 4.39 Å². The van der Waals surface area contributed by atoms with Crippen LogP contribution in [0.25, 0.3) is 33.2 Å². The fourth-order valence-corrected chi connectivity index (χ4v) is 3.04. The first kappa shape index (κ1) is 13.0. The van der Waals surface area contributed by atoms with Crippen molar-refractivity contribution in [3.05, 3.63) is 60.7 Å². The molecule has 0 saturated carbocycles. The zero-order valence-electron chi connectivity index (χ0n) is 12.1. The summed E-state index contributed by atoms with van der Waals surface area (Å²) in [5, 5.41) is 1.10. The van der Waals surface area contributed by atoms with E-state index < -0.39 is 0 Å². The minimum atomic E-state index is -0.261. The number of para-hydroxylation sites is 1. The normalized spacial score (nSPS) is 11.4. The zero-order valence-corrected chi connectivity index (χ0v) is 12.1. The third-order valence-electron chi connectivity index (χ3n) is 3.96. The summed E-state index contributed by atoms with van der Waals surface area (Å²) in [7, 11) is 0. The Hall–Kier alpha value is -2.75. The lowest BCUT2D eigenvalue weighted by Crippen LogP contribution is -1.97. The molecule has 0 aliphatic heterocycles. The minimum absolute atomic E-state index is 0.261. The summed E-state index contributed by atoms with van der Waals surface area (Å²) >= 11 is 0. The SMILES string of the molecule is CCn1c2ccccc2c2ncnc(-c3cccc(F)c3)c21. The van der Waals surface area contributed by atoms with Crippen LogP contribution < -0.4 is 0 Å². The first-order valence-electron chi connectivity index (χ1n) is 7.27. The van der Waals surface area contributed by atoms with Crippen molar-refractivity contribution in [1.82, 2.24) is 14.5 Å².